The van der Waals surface area contributed by atoms with Crippen LogP contribution in [0.3, 0.4) is 0 Å². The molecule has 16 heavy (non-hydrogen) atoms. The zero-order valence-corrected chi connectivity index (χ0v) is 9.47. The van der Waals surface area contributed by atoms with Gasteiger partial charge in [-0.2, -0.15) is 0 Å². The van der Waals surface area contributed by atoms with Crippen LogP contribution in [0, 0.1) is 0 Å². The lowest BCUT2D eigenvalue weighted by Crippen LogP contribution is -2.15. The Hall–Kier alpha value is -1.55. The molecule has 0 fully saturated rings. The smallest absolute Gasteiger partial charge is 0.337 e. The summed E-state index contributed by atoms with van der Waals surface area (Å²) in [6, 6.07) is 6.90. The first-order valence-corrected chi connectivity index (χ1v) is 5.26. The topological polar surface area (TPSA) is 55.8 Å². The van der Waals surface area contributed by atoms with E-state index in [0.717, 1.165) is 5.75 Å². The monoisotopic (exact) mass is 224 g/mol. The van der Waals surface area contributed by atoms with E-state index in [1.54, 1.807) is 31.2 Å². The molecule has 1 aromatic carbocycles. The van der Waals surface area contributed by atoms with E-state index in [1.807, 2.05) is 6.92 Å². The minimum absolute atomic E-state index is 0.365. The maximum absolute atomic E-state index is 10.9. The third-order valence-electron chi connectivity index (χ3n) is 2.05. The van der Waals surface area contributed by atoms with Crippen LogP contribution in [0.4, 0.5) is 0 Å². The molecule has 0 radical (unpaired) electrons. The number of hydrogen-bond donors (Lipinski definition) is 1. The van der Waals surface area contributed by atoms with Gasteiger partial charge < -0.3 is 14.6 Å². The van der Waals surface area contributed by atoms with Gasteiger partial charge in [-0.15, -0.1) is 0 Å². The van der Waals surface area contributed by atoms with Gasteiger partial charge in [0.2, 0.25) is 0 Å². The first-order chi connectivity index (χ1) is 7.69. The molecular weight excluding hydrogens is 208 g/mol. The summed E-state index contributed by atoms with van der Waals surface area (Å²) in [6.07, 6.45) is -0.902. The van der Waals surface area contributed by atoms with Crippen LogP contribution in [0.15, 0.2) is 24.3 Å². The molecule has 0 saturated heterocycles. The van der Waals surface area contributed by atoms with Gasteiger partial charge in [-0.1, -0.05) is 12.1 Å². The fraction of sp³-hybridized carbons (Fsp3) is 0.417. The molecule has 0 amide bonds. The zero-order valence-electron chi connectivity index (χ0n) is 9.47. The van der Waals surface area contributed by atoms with Gasteiger partial charge in [-0.05, 0) is 31.5 Å². The van der Waals surface area contributed by atoms with Gasteiger partial charge in [0.15, 0.2) is 6.10 Å². The Morgan fingerprint density at radius 3 is 2.31 bits per heavy atom. The molecule has 0 bridgehead atoms. The molecule has 88 valence electrons. The van der Waals surface area contributed by atoms with Crippen molar-refractivity contribution in [3.63, 3.8) is 0 Å². The van der Waals surface area contributed by atoms with Crippen LogP contribution in [-0.4, -0.2) is 24.3 Å². The highest BCUT2D eigenvalue weighted by Gasteiger charge is 2.19. The van der Waals surface area contributed by atoms with Crippen LogP contribution in [-0.2, 0) is 9.53 Å². The molecule has 0 spiro atoms. The van der Waals surface area contributed by atoms with Crippen LogP contribution in [0.5, 0.6) is 5.75 Å². The highest BCUT2D eigenvalue weighted by Crippen LogP contribution is 2.21. The molecule has 0 saturated carbocycles. The lowest BCUT2D eigenvalue weighted by molar-refractivity contribution is -0.150. The Morgan fingerprint density at radius 1 is 1.25 bits per heavy atom. The van der Waals surface area contributed by atoms with E-state index < -0.39 is 12.1 Å². The second kappa shape index (κ2) is 6.12. The van der Waals surface area contributed by atoms with Crippen LogP contribution < -0.4 is 4.74 Å². The van der Waals surface area contributed by atoms with E-state index in [1.165, 1.54) is 0 Å². The number of ether oxygens (including phenoxy) is 2. The van der Waals surface area contributed by atoms with E-state index in [-0.39, 0.29) is 0 Å². The molecule has 1 unspecified atom stereocenters. The van der Waals surface area contributed by atoms with Crippen molar-refractivity contribution in [1.82, 2.24) is 0 Å². The second-order valence-corrected chi connectivity index (χ2v) is 3.18. The van der Waals surface area contributed by atoms with Crippen LogP contribution in [0.25, 0.3) is 0 Å². The van der Waals surface area contributed by atoms with Crippen molar-refractivity contribution in [1.29, 1.82) is 0 Å². The second-order valence-electron chi connectivity index (χ2n) is 3.18. The van der Waals surface area contributed by atoms with E-state index in [4.69, 9.17) is 14.6 Å². The molecule has 0 aliphatic carbocycles. The molecule has 0 aliphatic heterocycles. The van der Waals surface area contributed by atoms with Gasteiger partial charge in [0, 0.05) is 6.61 Å². The van der Waals surface area contributed by atoms with Crippen molar-refractivity contribution in [3.8, 4) is 5.75 Å². The van der Waals surface area contributed by atoms with E-state index in [9.17, 15) is 4.79 Å². The summed E-state index contributed by atoms with van der Waals surface area (Å²) in [6.45, 7) is 4.62. The van der Waals surface area contributed by atoms with Crippen molar-refractivity contribution in [2.24, 2.45) is 0 Å². The largest absolute Gasteiger partial charge is 0.494 e. The van der Waals surface area contributed by atoms with Crippen molar-refractivity contribution >= 4 is 5.97 Å². The molecular formula is C12H16O4. The SMILES string of the molecule is CCOc1ccc(C(OCC)C(=O)O)cc1. The molecule has 1 atom stereocenters. The highest BCUT2D eigenvalue weighted by atomic mass is 16.5. The number of rotatable bonds is 6. The molecule has 1 N–H and O–H groups in total. The fourth-order valence-corrected chi connectivity index (χ4v) is 1.38. The predicted octanol–water partition coefficient (Wildman–Crippen LogP) is 2.25. The van der Waals surface area contributed by atoms with Crippen LogP contribution in [0.2, 0.25) is 0 Å². The summed E-state index contributed by atoms with van der Waals surface area (Å²) in [5.74, 6) is -0.252. The van der Waals surface area contributed by atoms with E-state index >= 15 is 0 Å². The van der Waals surface area contributed by atoms with Gasteiger partial charge in [-0.3, -0.25) is 0 Å². The third-order valence-corrected chi connectivity index (χ3v) is 2.05. The number of hydrogen-bond acceptors (Lipinski definition) is 3. The van der Waals surface area contributed by atoms with Gasteiger partial charge in [-0.25, -0.2) is 4.79 Å². The van der Waals surface area contributed by atoms with Crippen molar-refractivity contribution in [2.45, 2.75) is 20.0 Å². The number of carbonyl (C=O) groups is 1. The summed E-state index contributed by atoms with van der Waals surface area (Å²) in [7, 11) is 0. The van der Waals surface area contributed by atoms with Gasteiger partial charge in [0.25, 0.3) is 0 Å². The third kappa shape index (κ3) is 3.24. The Kier molecular flexibility index (Phi) is 4.79. The van der Waals surface area contributed by atoms with Crippen LogP contribution in [0.1, 0.15) is 25.5 Å². The number of carboxylic acids is 1. The quantitative estimate of drug-likeness (QED) is 0.805. The van der Waals surface area contributed by atoms with Gasteiger partial charge in [0.05, 0.1) is 6.61 Å². The average molecular weight is 224 g/mol. The molecule has 1 aromatic rings. The molecule has 1 rings (SSSR count). The maximum atomic E-state index is 10.9. The van der Waals surface area contributed by atoms with Crippen LogP contribution >= 0.6 is 0 Å². The molecule has 0 heterocycles. The Labute approximate surface area is 94.8 Å². The van der Waals surface area contributed by atoms with Gasteiger partial charge in [0.1, 0.15) is 5.75 Å². The molecule has 4 heteroatoms. The summed E-state index contributed by atoms with van der Waals surface area (Å²) < 4.78 is 10.4. The van der Waals surface area contributed by atoms with E-state index in [0.29, 0.717) is 18.8 Å². The Morgan fingerprint density at radius 2 is 1.88 bits per heavy atom. The average Bonchev–Trinajstić information content (AvgIpc) is 2.27. The van der Waals surface area contributed by atoms with Crippen molar-refractivity contribution in [3.05, 3.63) is 29.8 Å². The number of aliphatic carboxylic acids is 1. The molecule has 0 aromatic heterocycles. The summed E-state index contributed by atoms with van der Waals surface area (Å²) in [5, 5.41) is 8.97. The fourth-order valence-electron chi connectivity index (χ4n) is 1.38. The Balaban J connectivity index is 2.81. The molecule has 4 nitrogen and oxygen atoms in total. The normalized spacial score (nSPS) is 12.1. The van der Waals surface area contributed by atoms with Gasteiger partial charge >= 0.3 is 5.97 Å². The lowest BCUT2D eigenvalue weighted by atomic mass is 10.1. The zero-order chi connectivity index (χ0) is 12.0. The number of carboxylic acid groups (broad SMARTS) is 1. The predicted molar refractivity (Wildman–Crippen MR) is 59.6 cm³/mol. The molecule has 0 aliphatic rings. The summed E-state index contributed by atoms with van der Waals surface area (Å²) >= 11 is 0. The minimum Gasteiger partial charge on any atom is -0.494 e. The van der Waals surface area contributed by atoms with Crippen molar-refractivity contribution in [2.75, 3.05) is 13.2 Å². The summed E-state index contributed by atoms with van der Waals surface area (Å²) in [5.41, 5.74) is 0.623. The van der Waals surface area contributed by atoms with Crippen molar-refractivity contribution < 1.29 is 19.4 Å². The van der Waals surface area contributed by atoms with E-state index in [2.05, 4.69) is 0 Å². The maximum Gasteiger partial charge on any atom is 0.337 e. The highest BCUT2D eigenvalue weighted by molar-refractivity contribution is 5.74. The first-order valence-electron chi connectivity index (χ1n) is 5.26. The lowest BCUT2D eigenvalue weighted by Gasteiger charge is -2.13. The minimum atomic E-state index is -0.981. The number of benzene rings is 1. The standard InChI is InChI=1S/C12H16O4/c1-3-15-10-7-5-9(6-8-10)11(12(13)14)16-4-2/h5-8,11H,3-4H2,1-2H3,(H,13,14). The Bertz CT molecular complexity index is 331. The first kappa shape index (κ1) is 12.5. The summed E-state index contributed by atoms with van der Waals surface area (Å²) in [4.78, 5) is 10.9.